The lowest BCUT2D eigenvalue weighted by atomic mass is 9.98. The molecule has 2 aromatic rings. The molecule has 1 aliphatic rings. The van der Waals surface area contributed by atoms with Crippen LogP contribution in [0.4, 0.5) is 0 Å². The molecule has 0 bridgehead atoms. The molecule has 0 radical (unpaired) electrons. The fraction of sp³-hybridized carbons (Fsp3) is 0.286. The van der Waals surface area contributed by atoms with Crippen LogP contribution in [0.2, 0.25) is 0 Å². The van der Waals surface area contributed by atoms with Gasteiger partial charge in [-0.25, -0.2) is 0 Å². The van der Waals surface area contributed by atoms with Gasteiger partial charge in [-0.15, -0.1) is 0 Å². The molecule has 0 fully saturated rings. The van der Waals surface area contributed by atoms with Crippen molar-refractivity contribution < 1.29 is 4.84 Å². The molecule has 0 atom stereocenters. The second-order valence-electron chi connectivity index (χ2n) is 4.95. The minimum absolute atomic E-state index is 0.214. The number of oxime groups is 1. The Labute approximate surface area is 100 Å². The second-order valence-corrected chi connectivity index (χ2v) is 4.95. The van der Waals surface area contributed by atoms with Gasteiger partial charge in [0.25, 0.3) is 0 Å². The summed E-state index contributed by atoms with van der Waals surface area (Å²) in [5, 5.41) is 6.48. The molecular formula is C14H14N2O. The van der Waals surface area contributed by atoms with E-state index < -0.39 is 0 Å². The van der Waals surface area contributed by atoms with Crippen molar-refractivity contribution in [3.63, 3.8) is 0 Å². The molecule has 0 unspecified atom stereocenters. The smallest absolute Gasteiger partial charge is 0.137 e. The Balaban J connectivity index is 2.13. The molecule has 3 rings (SSSR count). The highest BCUT2D eigenvalue weighted by Crippen LogP contribution is 2.27. The number of fused-ring (bicyclic) bond motifs is 1. The summed E-state index contributed by atoms with van der Waals surface area (Å²) in [4.78, 5) is 9.85. The Morgan fingerprint density at radius 1 is 1.18 bits per heavy atom. The largest absolute Gasteiger partial charge is 0.389 e. The SMILES string of the molecule is CC1(C)CC(c2nccc3ccccc23)=NO1. The molecule has 1 aromatic carbocycles. The Morgan fingerprint density at radius 2 is 2.00 bits per heavy atom. The van der Waals surface area contributed by atoms with Crippen LogP contribution in [0, 0.1) is 0 Å². The van der Waals surface area contributed by atoms with E-state index >= 15 is 0 Å². The Bertz CT molecular complexity index is 597. The average molecular weight is 226 g/mol. The lowest BCUT2D eigenvalue weighted by Gasteiger charge is -2.13. The van der Waals surface area contributed by atoms with Gasteiger partial charge in [0.05, 0.1) is 5.69 Å². The maximum absolute atomic E-state index is 5.40. The summed E-state index contributed by atoms with van der Waals surface area (Å²) in [6.45, 7) is 4.07. The minimum atomic E-state index is -0.214. The lowest BCUT2D eigenvalue weighted by molar-refractivity contribution is 0.0123. The number of nitrogens with zero attached hydrogens (tertiary/aromatic N) is 2. The van der Waals surface area contributed by atoms with Crippen LogP contribution in [0.5, 0.6) is 0 Å². The van der Waals surface area contributed by atoms with Gasteiger partial charge in [-0.05, 0) is 25.3 Å². The quantitative estimate of drug-likeness (QED) is 0.748. The third-order valence-corrected chi connectivity index (χ3v) is 2.94. The van der Waals surface area contributed by atoms with E-state index in [-0.39, 0.29) is 5.60 Å². The molecule has 86 valence electrons. The Morgan fingerprint density at radius 3 is 2.76 bits per heavy atom. The van der Waals surface area contributed by atoms with E-state index in [0.717, 1.165) is 23.2 Å². The fourth-order valence-electron chi connectivity index (χ4n) is 2.12. The maximum Gasteiger partial charge on any atom is 0.137 e. The van der Waals surface area contributed by atoms with Gasteiger partial charge < -0.3 is 4.84 Å². The molecule has 2 heterocycles. The van der Waals surface area contributed by atoms with Crippen LogP contribution in [-0.2, 0) is 4.84 Å². The number of benzene rings is 1. The van der Waals surface area contributed by atoms with E-state index in [1.807, 2.05) is 38.2 Å². The number of hydrogen-bond donors (Lipinski definition) is 0. The molecule has 0 aliphatic carbocycles. The Kier molecular flexibility index (Phi) is 2.15. The molecular weight excluding hydrogens is 212 g/mol. The first-order valence-corrected chi connectivity index (χ1v) is 5.75. The highest BCUT2D eigenvalue weighted by molar-refractivity contribution is 6.09. The summed E-state index contributed by atoms with van der Waals surface area (Å²) in [5.74, 6) is 0. The summed E-state index contributed by atoms with van der Waals surface area (Å²) >= 11 is 0. The topological polar surface area (TPSA) is 34.5 Å². The van der Waals surface area contributed by atoms with Crippen molar-refractivity contribution in [3.05, 3.63) is 42.2 Å². The van der Waals surface area contributed by atoms with Crippen LogP contribution in [0.1, 0.15) is 26.0 Å². The first-order chi connectivity index (χ1) is 8.16. The number of aromatic nitrogens is 1. The van der Waals surface area contributed by atoms with Crippen LogP contribution in [0.3, 0.4) is 0 Å². The monoisotopic (exact) mass is 226 g/mol. The van der Waals surface area contributed by atoms with Crippen molar-refractivity contribution in [2.45, 2.75) is 25.9 Å². The third kappa shape index (κ3) is 1.78. The maximum atomic E-state index is 5.40. The van der Waals surface area contributed by atoms with Crippen molar-refractivity contribution in [1.29, 1.82) is 0 Å². The third-order valence-electron chi connectivity index (χ3n) is 2.94. The van der Waals surface area contributed by atoms with E-state index in [9.17, 15) is 0 Å². The number of hydrogen-bond acceptors (Lipinski definition) is 3. The molecule has 1 aromatic heterocycles. The number of rotatable bonds is 1. The molecule has 3 heteroatoms. The van der Waals surface area contributed by atoms with E-state index in [1.54, 1.807) is 0 Å². The van der Waals surface area contributed by atoms with Gasteiger partial charge in [0.15, 0.2) is 0 Å². The van der Waals surface area contributed by atoms with Gasteiger partial charge in [-0.3, -0.25) is 4.98 Å². The normalized spacial score (nSPS) is 17.9. The molecule has 3 nitrogen and oxygen atoms in total. The summed E-state index contributed by atoms with van der Waals surface area (Å²) in [5.41, 5.74) is 1.66. The van der Waals surface area contributed by atoms with Crippen molar-refractivity contribution in [3.8, 4) is 0 Å². The highest BCUT2D eigenvalue weighted by Gasteiger charge is 2.30. The predicted octanol–water partition coefficient (Wildman–Crippen LogP) is 3.14. The molecule has 0 saturated carbocycles. The Hall–Kier alpha value is -1.90. The van der Waals surface area contributed by atoms with Gasteiger partial charge in [0, 0.05) is 18.0 Å². The fourth-order valence-corrected chi connectivity index (χ4v) is 2.12. The van der Waals surface area contributed by atoms with E-state index in [2.05, 4.69) is 22.3 Å². The first kappa shape index (κ1) is 10.3. The molecule has 0 N–H and O–H groups in total. The lowest BCUT2D eigenvalue weighted by Crippen LogP contribution is -2.19. The van der Waals surface area contributed by atoms with Crippen molar-refractivity contribution >= 4 is 16.5 Å². The van der Waals surface area contributed by atoms with E-state index in [1.165, 1.54) is 5.39 Å². The van der Waals surface area contributed by atoms with E-state index in [4.69, 9.17) is 4.84 Å². The van der Waals surface area contributed by atoms with Gasteiger partial charge in [-0.1, -0.05) is 29.4 Å². The van der Waals surface area contributed by atoms with Gasteiger partial charge in [-0.2, -0.15) is 0 Å². The molecule has 0 saturated heterocycles. The summed E-state index contributed by atoms with van der Waals surface area (Å²) in [7, 11) is 0. The molecule has 0 amide bonds. The molecule has 0 spiro atoms. The summed E-state index contributed by atoms with van der Waals surface area (Å²) < 4.78 is 0. The first-order valence-electron chi connectivity index (χ1n) is 5.75. The summed E-state index contributed by atoms with van der Waals surface area (Å²) in [6, 6.07) is 10.2. The predicted molar refractivity (Wildman–Crippen MR) is 68.1 cm³/mol. The zero-order chi connectivity index (χ0) is 11.9. The average Bonchev–Trinajstić information content (AvgIpc) is 2.69. The zero-order valence-electron chi connectivity index (χ0n) is 9.97. The second kappa shape index (κ2) is 3.55. The highest BCUT2D eigenvalue weighted by atomic mass is 16.7. The van der Waals surface area contributed by atoms with Crippen LogP contribution in [-0.4, -0.2) is 16.3 Å². The summed E-state index contributed by atoms with van der Waals surface area (Å²) in [6.07, 6.45) is 2.62. The van der Waals surface area contributed by atoms with Crippen molar-refractivity contribution in [2.75, 3.05) is 0 Å². The van der Waals surface area contributed by atoms with Crippen LogP contribution in [0.15, 0.2) is 41.7 Å². The molecule has 1 aliphatic heterocycles. The van der Waals surface area contributed by atoms with Gasteiger partial charge in [0.1, 0.15) is 11.3 Å². The van der Waals surface area contributed by atoms with Crippen LogP contribution < -0.4 is 0 Å². The van der Waals surface area contributed by atoms with Gasteiger partial charge in [0.2, 0.25) is 0 Å². The minimum Gasteiger partial charge on any atom is -0.389 e. The van der Waals surface area contributed by atoms with Gasteiger partial charge >= 0.3 is 0 Å². The van der Waals surface area contributed by atoms with Crippen molar-refractivity contribution in [1.82, 2.24) is 4.98 Å². The van der Waals surface area contributed by atoms with E-state index in [0.29, 0.717) is 0 Å². The number of pyridine rings is 1. The van der Waals surface area contributed by atoms with Crippen LogP contribution in [0.25, 0.3) is 10.8 Å². The standard InChI is InChI=1S/C14H14N2O/c1-14(2)9-12(16-17-14)13-11-6-4-3-5-10(11)7-8-15-13/h3-8H,9H2,1-2H3. The van der Waals surface area contributed by atoms with Crippen LogP contribution >= 0.6 is 0 Å². The molecule has 17 heavy (non-hydrogen) atoms. The van der Waals surface area contributed by atoms with Crippen molar-refractivity contribution in [2.24, 2.45) is 5.16 Å². The zero-order valence-corrected chi connectivity index (χ0v) is 9.97.